The Balaban J connectivity index is 1.51. The molecule has 0 fully saturated rings. The van der Waals surface area contributed by atoms with E-state index in [0.717, 1.165) is 28.4 Å². The summed E-state index contributed by atoms with van der Waals surface area (Å²) in [6.07, 6.45) is 0. The standard InChI is InChI=1S/C29H31N5O2S/c1-20(21-13-17-25(36-5)18-14-21)30-31-26(35)19-37-28-33-32-27(34(28)24-9-7-6-8-10-24)22-11-15-23(16-12-22)29(2,3)4/h6-18H,19H2,1-5H3,(H,31,35)/b30-20+. The van der Waals surface area contributed by atoms with Crippen LogP contribution in [0.15, 0.2) is 89.1 Å². The van der Waals surface area contributed by atoms with E-state index in [9.17, 15) is 4.79 Å². The topological polar surface area (TPSA) is 81.4 Å². The first-order valence-corrected chi connectivity index (χ1v) is 13.0. The monoisotopic (exact) mass is 513 g/mol. The van der Waals surface area contributed by atoms with Crippen molar-refractivity contribution in [3.63, 3.8) is 0 Å². The maximum absolute atomic E-state index is 12.6. The van der Waals surface area contributed by atoms with Crippen LogP contribution in [0.5, 0.6) is 5.75 Å². The number of hydrogen-bond donors (Lipinski definition) is 1. The summed E-state index contributed by atoms with van der Waals surface area (Å²) < 4.78 is 7.17. The fourth-order valence-electron chi connectivity index (χ4n) is 3.68. The molecule has 1 heterocycles. The van der Waals surface area contributed by atoms with E-state index in [0.29, 0.717) is 10.9 Å². The van der Waals surface area contributed by atoms with Gasteiger partial charge in [0, 0.05) is 11.3 Å². The number of aromatic nitrogens is 3. The largest absolute Gasteiger partial charge is 0.497 e. The lowest BCUT2D eigenvalue weighted by Crippen LogP contribution is -2.21. The van der Waals surface area contributed by atoms with Gasteiger partial charge in [0.05, 0.1) is 18.6 Å². The van der Waals surface area contributed by atoms with Gasteiger partial charge in [-0.2, -0.15) is 5.10 Å². The van der Waals surface area contributed by atoms with Crippen molar-refractivity contribution < 1.29 is 9.53 Å². The van der Waals surface area contributed by atoms with Crippen LogP contribution in [-0.4, -0.2) is 39.2 Å². The van der Waals surface area contributed by atoms with E-state index in [1.54, 1.807) is 7.11 Å². The summed E-state index contributed by atoms with van der Waals surface area (Å²) in [5.74, 6) is 1.41. The van der Waals surface area contributed by atoms with Gasteiger partial charge in [-0.25, -0.2) is 5.43 Å². The Morgan fingerprint density at radius 2 is 1.65 bits per heavy atom. The van der Waals surface area contributed by atoms with Crippen molar-refractivity contribution in [2.24, 2.45) is 5.10 Å². The van der Waals surface area contributed by atoms with Gasteiger partial charge in [-0.15, -0.1) is 10.2 Å². The van der Waals surface area contributed by atoms with Crippen molar-refractivity contribution in [2.45, 2.75) is 38.3 Å². The Morgan fingerprint density at radius 3 is 2.27 bits per heavy atom. The summed E-state index contributed by atoms with van der Waals surface area (Å²) in [6.45, 7) is 8.42. The molecule has 4 aromatic rings. The van der Waals surface area contributed by atoms with E-state index >= 15 is 0 Å². The molecule has 0 unspecified atom stereocenters. The van der Waals surface area contributed by atoms with Crippen LogP contribution in [-0.2, 0) is 10.2 Å². The fraction of sp³-hybridized carbons (Fsp3) is 0.241. The van der Waals surface area contributed by atoms with Crippen LogP contribution in [0.3, 0.4) is 0 Å². The minimum absolute atomic E-state index is 0.0637. The maximum Gasteiger partial charge on any atom is 0.250 e. The Labute approximate surface area is 222 Å². The van der Waals surface area contributed by atoms with Crippen molar-refractivity contribution in [3.8, 4) is 22.8 Å². The summed E-state index contributed by atoms with van der Waals surface area (Å²) in [6, 6.07) is 25.8. The molecule has 0 spiro atoms. The highest BCUT2D eigenvalue weighted by molar-refractivity contribution is 7.99. The molecule has 0 saturated carbocycles. The molecule has 1 N–H and O–H groups in total. The molecule has 0 aliphatic carbocycles. The first kappa shape index (κ1) is 26.2. The Bertz CT molecular complexity index is 1370. The summed E-state index contributed by atoms with van der Waals surface area (Å²) >= 11 is 1.32. The molecule has 7 nitrogen and oxygen atoms in total. The number of nitrogens with zero attached hydrogens (tertiary/aromatic N) is 4. The Hall–Kier alpha value is -3.91. The first-order valence-electron chi connectivity index (χ1n) is 12.0. The maximum atomic E-state index is 12.6. The van der Waals surface area contributed by atoms with E-state index in [1.807, 2.05) is 66.1 Å². The molecule has 8 heteroatoms. The zero-order valence-electron chi connectivity index (χ0n) is 21.7. The molecular weight excluding hydrogens is 482 g/mol. The summed E-state index contributed by atoms with van der Waals surface area (Å²) in [5, 5.41) is 13.8. The molecule has 1 amide bonds. The van der Waals surface area contributed by atoms with E-state index in [1.165, 1.54) is 17.3 Å². The summed E-state index contributed by atoms with van der Waals surface area (Å²) in [4.78, 5) is 12.6. The second kappa shape index (κ2) is 11.4. The van der Waals surface area contributed by atoms with Gasteiger partial charge in [0.1, 0.15) is 5.75 Å². The van der Waals surface area contributed by atoms with Crippen LogP contribution >= 0.6 is 11.8 Å². The Kier molecular flexibility index (Phi) is 8.08. The van der Waals surface area contributed by atoms with Gasteiger partial charge in [-0.1, -0.05) is 75.0 Å². The number of hydrazone groups is 1. The van der Waals surface area contributed by atoms with Crippen molar-refractivity contribution in [2.75, 3.05) is 12.9 Å². The van der Waals surface area contributed by atoms with Crippen molar-refractivity contribution in [1.29, 1.82) is 0 Å². The van der Waals surface area contributed by atoms with Crippen LogP contribution in [0.25, 0.3) is 17.1 Å². The molecule has 37 heavy (non-hydrogen) atoms. The van der Waals surface area contributed by atoms with Crippen molar-refractivity contribution in [3.05, 3.63) is 90.0 Å². The van der Waals surface area contributed by atoms with Crippen LogP contribution in [0, 0.1) is 0 Å². The molecular formula is C29H31N5O2S. The number of para-hydroxylation sites is 1. The highest BCUT2D eigenvalue weighted by atomic mass is 32.2. The summed E-state index contributed by atoms with van der Waals surface area (Å²) in [7, 11) is 1.62. The number of benzene rings is 3. The zero-order valence-corrected chi connectivity index (χ0v) is 22.5. The third kappa shape index (κ3) is 6.46. The van der Waals surface area contributed by atoms with Crippen molar-refractivity contribution in [1.82, 2.24) is 20.2 Å². The second-order valence-electron chi connectivity index (χ2n) is 9.55. The smallest absolute Gasteiger partial charge is 0.250 e. The number of carbonyl (C=O) groups excluding carboxylic acids is 1. The average molecular weight is 514 g/mol. The molecule has 0 atom stereocenters. The third-order valence-corrected chi connectivity index (χ3v) is 6.77. The lowest BCUT2D eigenvalue weighted by atomic mass is 9.87. The zero-order chi connectivity index (χ0) is 26.4. The second-order valence-corrected chi connectivity index (χ2v) is 10.5. The molecule has 1 aromatic heterocycles. The highest BCUT2D eigenvalue weighted by Gasteiger charge is 2.19. The quantitative estimate of drug-likeness (QED) is 0.181. The van der Waals surface area contributed by atoms with Gasteiger partial charge in [0.25, 0.3) is 5.91 Å². The number of rotatable bonds is 8. The number of hydrogen-bond acceptors (Lipinski definition) is 6. The number of thioether (sulfide) groups is 1. The molecule has 4 rings (SSSR count). The highest BCUT2D eigenvalue weighted by Crippen LogP contribution is 2.30. The van der Waals surface area contributed by atoms with Crippen molar-refractivity contribution >= 4 is 23.4 Å². The summed E-state index contributed by atoms with van der Waals surface area (Å²) in [5.41, 5.74) is 7.44. The average Bonchev–Trinajstić information content (AvgIpc) is 3.34. The first-order chi connectivity index (χ1) is 17.8. The molecule has 0 bridgehead atoms. The number of ether oxygens (including phenoxy) is 1. The van der Waals surface area contributed by atoms with E-state index in [-0.39, 0.29) is 17.1 Å². The minimum Gasteiger partial charge on any atom is -0.497 e. The van der Waals surface area contributed by atoms with Gasteiger partial charge < -0.3 is 4.74 Å². The van der Waals surface area contributed by atoms with Crippen LogP contribution in [0.4, 0.5) is 0 Å². The molecule has 0 radical (unpaired) electrons. The van der Waals surface area contributed by atoms with Gasteiger partial charge in [-0.3, -0.25) is 9.36 Å². The predicted molar refractivity (Wildman–Crippen MR) is 150 cm³/mol. The third-order valence-electron chi connectivity index (χ3n) is 5.85. The number of carbonyl (C=O) groups is 1. The van der Waals surface area contributed by atoms with Crippen LogP contribution in [0.2, 0.25) is 0 Å². The fourth-order valence-corrected chi connectivity index (χ4v) is 4.43. The van der Waals surface area contributed by atoms with Gasteiger partial charge in [0.2, 0.25) is 0 Å². The molecule has 190 valence electrons. The van der Waals surface area contributed by atoms with E-state index < -0.39 is 0 Å². The van der Waals surface area contributed by atoms with Gasteiger partial charge in [0.15, 0.2) is 11.0 Å². The van der Waals surface area contributed by atoms with Crippen LogP contribution in [0.1, 0.15) is 38.8 Å². The van der Waals surface area contributed by atoms with Gasteiger partial charge in [-0.05, 0) is 59.9 Å². The lowest BCUT2D eigenvalue weighted by Gasteiger charge is -2.19. The molecule has 0 aliphatic heterocycles. The number of nitrogens with one attached hydrogen (secondary N) is 1. The number of amides is 1. The molecule has 3 aromatic carbocycles. The molecule has 0 saturated heterocycles. The predicted octanol–water partition coefficient (Wildman–Crippen LogP) is 5.87. The van der Waals surface area contributed by atoms with Gasteiger partial charge >= 0.3 is 0 Å². The van der Waals surface area contributed by atoms with Crippen LogP contribution < -0.4 is 10.2 Å². The molecule has 0 aliphatic rings. The Morgan fingerprint density at radius 1 is 0.973 bits per heavy atom. The number of methoxy groups -OCH3 is 1. The normalized spacial score (nSPS) is 11.9. The van der Waals surface area contributed by atoms with E-state index in [2.05, 4.69) is 65.8 Å². The SMILES string of the molecule is COc1ccc(/C(C)=N/NC(=O)CSc2nnc(-c3ccc(C(C)(C)C)cc3)n2-c2ccccc2)cc1. The van der Waals surface area contributed by atoms with E-state index in [4.69, 9.17) is 4.74 Å². The minimum atomic E-state index is -0.225. The lowest BCUT2D eigenvalue weighted by molar-refractivity contribution is -0.118.